The molecular formula is C20H24N2O3. The van der Waals surface area contributed by atoms with E-state index in [4.69, 9.17) is 10.6 Å². The van der Waals surface area contributed by atoms with Crippen LogP contribution in [0.2, 0.25) is 0 Å². The molecule has 0 saturated carbocycles. The Hall–Kier alpha value is -2.66. The minimum atomic E-state index is -0.173. The van der Waals surface area contributed by atoms with Crippen molar-refractivity contribution < 1.29 is 14.3 Å². The Bertz CT molecular complexity index is 798. The summed E-state index contributed by atoms with van der Waals surface area (Å²) in [7, 11) is 1.79. The number of ketones is 2. The molecule has 2 rings (SSSR count). The zero-order chi connectivity index (χ0) is 18.6. The van der Waals surface area contributed by atoms with Crippen LogP contribution in [0.25, 0.3) is 0 Å². The number of nitrogens with two attached hydrogens (primary N) is 1. The molecule has 25 heavy (non-hydrogen) atoms. The van der Waals surface area contributed by atoms with E-state index in [1.807, 2.05) is 32.0 Å². The number of rotatable bonds is 7. The fourth-order valence-corrected chi connectivity index (χ4v) is 2.67. The quantitative estimate of drug-likeness (QED) is 0.362. The van der Waals surface area contributed by atoms with Crippen molar-refractivity contribution in [3.63, 3.8) is 0 Å². The molecule has 5 nitrogen and oxygen atoms in total. The fourth-order valence-electron chi connectivity index (χ4n) is 2.67. The number of carbonyl (C=O) groups excluding carboxylic acids is 2. The van der Waals surface area contributed by atoms with Gasteiger partial charge in [-0.2, -0.15) is 0 Å². The van der Waals surface area contributed by atoms with Gasteiger partial charge in [-0.25, -0.2) is 5.84 Å². The highest BCUT2D eigenvalue weighted by Crippen LogP contribution is 2.25. The Balaban J connectivity index is 2.17. The maximum Gasteiger partial charge on any atom is 0.170 e. The van der Waals surface area contributed by atoms with E-state index >= 15 is 0 Å². The zero-order valence-corrected chi connectivity index (χ0v) is 15.1. The highest BCUT2D eigenvalue weighted by atomic mass is 16.5. The van der Waals surface area contributed by atoms with Crippen LogP contribution in [0.1, 0.15) is 40.4 Å². The van der Waals surface area contributed by atoms with E-state index in [0.29, 0.717) is 17.9 Å². The number of anilines is 1. The van der Waals surface area contributed by atoms with Crippen molar-refractivity contribution in [3.05, 3.63) is 58.7 Å². The Morgan fingerprint density at radius 1 is 1.12 bits per heavy atom. The molecule has 0 unspecified atom stereocenters. The van der Waals surface area contributed by atoms with Gasteiger partial charge in [0.15, 0.2) is 5.78 Å². The second-order valence-electron chi connectivity index (χ2n) is 6.25. The Morgan fingerprint density at radius 3 is 2.44 bits per heavy atom. The van der Waals surface area contributed by atoms with Gasteiger partial charge in [-0.1, -0.05) is 12.1 Å². The molecule has 0 heterocycles. The third-order valence-electron chi connectivity index (χ3n) is 4.04. The van der Waals surface area contributed by atoms with Crippen LogP contribution >= 0.6 is 0 Å². The molecule has 2 aromatic rings. The third kappa shape index (κ3) is 4.67. The van der Waals surface area contributed by atoms with Gasteiger partial charge in [0.05, 0.1) is 12.1 Å². The number of aryl methyl sites for hydroxylation is 2. The van der Waals surface area contributed by atoms with E-state index in [1.165, 1.54) is 6.92 Å². The number of nitrogens with zero attached hydrogens (tertiary/aromatic N) is 1. The number of benzene rings is 2. The van der Waals surface area contributed by atoms with Gasteiger partial charge in [-0.15, -0.1) is 0 Å². The molecule has 0 spiro atoms. The number of ether oxygens (including phenoxy) is 1. The van der Waals surface area contributed by atoms with Crippen LogP contribution in [0.4, 0.5) is 5.69 Å². The highest BCUT2D eigenvalue weighted by molar-refractivity contribution is 6.07. The molecule has 0 amide bonds. The molecular weight excluding hydrogens is 316 g/mol. The van der Waals surface area contributed by atoms with Crippen molar-refractivity contribution in [1.82, 2.24) is 0 Å². The van der Waals surface area contributed by atoms with Crippen LogP contribution in [0.15, 0.2) is 36.4 Å². The number of Topliss-reactive ketones (excluding diaryl/α,β-unsaturated/α-hetero) is 2. The maximum atomic E-state index is 12.0. The van der Waals surface area contributed by atoms with Crippen LogP contribution in [0, 0.1) is 13.8 Å². The smallest absolute Gasteiger partial charge is 0.170 e. The van der Waals surface area contributed by atoms with Gasteiger partial charge in [0.25, 0.3) is 0 Å². The summed E-state index contributed by atoms with van der Waals surface area (Å²) in [6.07, 6.45) is -0.0744. The van der Waals surface area contributed by atoms with Gasteiger partial charge in [0.1, 0.15) is 18.1 Å². The summed E-state index contributed by atoms with van der Waals surface area (Å²) in [5.41, 5.74) is 4.40. The predicted octanol–water partition coefficient (Wildman–Crippen LogP) is 3.35. The Labute approximate surface area is 148 Å². The standard InChI is InChI=1S/C20H24N2O3/c1-13-6-5-7-18(22(4)21)17(13)12-25-20-9-8-16(10-14(20)2)19(24)11-15(3)23/h5-10H,11-12,21H2,1-4H3. The van der Waals surface area contributed by atoms with Crippen LogP contribution in [0.3, 0.4) is 0 Å². The van der Waals surface area contributed by atoms with Gasteiger partial charge in [0.2, 0.25) is 0 Å². The van der Waals surface area contributed by atoms with Crippen LogP contribution in [0.5, 0.6) is 5.75 Å². The van der Waals surface area contributed by atoms with Crippen molar-refractivity contribution >= 4 is 17.3 Å². The van der Waals surface area contributed by atoms with Crippen molar-refractivity contribution in [2.45, 2.75) is 33.8 Å². The van der Waals surface area contributed by atoms with E-state index in [0.717, 1.165) is 22.4 Å². The predicted molar refractivity (Wildman–Crippen MR) is 98.9 cm³/mol. The van der Waals surface area contributed by atoms with E-state index in [2.05, 4.69) is 0 Å². The summed E-state index contributed by atoms with van der Waals surface area (Å²) >= 11 is 0. The van der Waals surface area contributed by atoms with Gasteiger partial charge >= 0.3 is 0 Å². The molecule has 132 valence electrons. The van der Waals surface area contributed by atoms with Crippen molar-refractivity contribution in [1.29, 1.82) is 0 Å². The Morgan fingerprint density at radius 2 is 1.84 bits per heavy atom. The molecule has 0 saturated heterocycles. The van der Waals surface area contributed by atoms with E-state index < -0.39 is 0 Å². The largest absolute Gasteiger partial charge is 0.489 e. The van der Waals surface area contributed by atoms with Gasteiger partial charge in [-0.05, 0) is 56.2 Å². The lowest BCUT2D eigenvalue weighted by Gasteiger charge is -2.19. The number of carbonyl (C=O) groups is 2. The van der Waals surface area contributed by atoms with E-state index in [9.17, 15) is 9.59 Å². The molecule has 0 aliphatic rings. The van der Waals surface area contributed by atoms with Crippen molar-refractivity contribution in [2.24, 2.45) is 5.84 Å². The minimum absolute atomic E-state index is 0.0744. The van der Waals surface area contributed by atoms with Gasteiger partial charge in [0, 0.05) is 18.2 Å². The molecule has 0 atom stereocenters. The normalized spacial score (nSPS) is 10.4. The SMILES string of the molecule is CC(=O)CC(=O)c1ccc(OCc2c(C)cccc2N(C)N)c(C)c1. The van der Waals surface area contributed by atoms with E-state index in [1.54, 1.807) is 30.3 Å². The zero-order valence-electron chi connectivity index (χ0n) is 15.1. The topological polar surface area (TPSA) is 72.6 Å². The third-order valence-corrected chi connectivity index (χ3v) is 4.04. The number of hydrogen-bond donors (Lipinski definition) is 1. The average Bonchev–Trinajstić information content (AvgIpc) is 2.53. The minimum Gasteiger partial charge on any atom is -0.489 e. The van der Waals surface area contributed by atoms with Crippen LogP contribution in [-0.4, -0.2) is 18.6 Å². The highest BCUT2D eigenvalue weighted by Gasteiger charge is 2.12. The van der Waals surface area contributed by atoms with Crippen molar-refractivity contribution in [3.8, 4) is 5.75 Å². The summed E-state index contributed by atoms with van der Waals surface area (Å²) in [6, 6.07) is 11.1. The van der Waals surface area contributed by atoms with Crippen LogP contribution in [-0.2, 0) is 11.4 Å². The second-order valence-corrected chi connectivity index (χ2v) is 6.25. The molecule has 5 heteroatoms. The molecule has 0 fully saturated rings. The first-order valence-electron chi connectivity index (χ1n) is 8.12. The molecule has 0 bridgehead atoms. The summed E-state index contributed by atoms with van der Waals surface area (Å²) in [5.74, 6) is 6.28. The average molecular weight is 340 g/mol. The first kappa shape index (κ1) is 18.7. The lowest BCUT2D eigenvalue weighted by Crippen LogP contribution is -2.26. The molecule has 0 aliphatic carbocycles. The summed E-state index contributed by atoms with van der Waals surface area (Å²) in [5, 5.41) is 1.57. The molecule has 2 aromatic carbocycles. The van der Waals surface area contributed by atoms with Crippen molar-refractivity contribution in [2.75, 3.05) is 12.1 Å². The molecule has 0 radical (unpaired) electrons. The molecule has 0 aliphatic heterocycles. The Kier molecular flexibility index (Phi) is 5.93. The molecule has 0 aromatic heterocycles. The summed E-state index contributed by atoms with van der Waals surface area (Å²) < 4.78 is 5.95. The maximum absolute atomic E-state index is 12.0. The lowest BCUT2D eigenvalue weighted by molar-refractivity contribution is -0.116. The van der Waals surface area contributed by atoms with Crippen LogP contribution < -0.4 is 15.6 Å². The summed E-state index contributed by atoms with van der Waals surface area (Å²) in [6.45, 7) is 5.69. The second kappa shape index (κ2) is 7.94. The summed E-state index contributed by atoms with van der Waals surface area (Å²) in [4.78, 5) is 23.1. The first-order valence-corrected chi connectivity index (χ1v) is 8.12. The monoisotopic (exact) mass is 340 g/mol. The van der Waals surface area contributed by atoms with E-state index in [-0.39, 0.29) is 18.0 Å². The van der Waals surface area contributed by atoms with Gasteiger partial charge in [-0.3, -0.25) is 9.59 Å². The number of hydrogen-bond acceptors (Lipinski definition) is 5. The lowest BCUT2D eigenvalue weighted by atomic mass is 10.0. The van der Waals surface area contributed by atoms with Gasteiger partial charge < -0.3 is 9.75 Å². The number of hydrazine groups is 1. The molecule has 2 N–H and O–H groups in total. The first-order chi connectivity index (χ1) is 11.8. The fraction of sp³-hybridized carbons (Fsp3) is 0.300.